The van der Waals surface area contributed by atoms with E-state index in [1.54, 1.807) is 7.11 Å². The topological polar surface area (TPSA) is 9.23 Å². The van der Waals surface area contributed by atoms with Gasteiger partial charge in [0, 0.05) is 18.1 Å². The summed E-state index contributed by atoms with van der Waals surface area (Å²) in [4.78, 5) is 0. The lowest BCUT2D eigenvalue weighted by atomic mass is 9.72. The van der Waals surface area contributed by atoms with E-state index in [4.69, 9.17) is 4.74 Å². The Morgan fingerprint density at radius 3 is 1.95 bits per heavy atom. The summed E-state index contributed by atoms with van der Waals surface area (Å²) in [6.45, 7) is 21.7. The minimum Gasteiger partial charge on any atom is -0.381 e. The maximum absolute atomic E-state index is 5.62. The summed E-state index contributed by atoms with van der Waals surface area (Å²) in [6.07, 6.45) is 27.7. The van der Waals surface area contributed by atoms with E-state index in [1.807, 2.05) is 0 Å². The Morgan fingerprint density at radius 1 is 0.786 bits per heavy atom. The van der Waals surface area contributed by atoms with Crippen LogP contribution in [-0.4, -0.2) is 13.2 Å². The second kappa shape index (κ2) is 16.7. The lowest BCUT2D eigenvalue weighted by Crippen LogP contribution is -2.29. The van der Waals surface area contributed by atoms with E-state index in [9.17, 15) is 0 Å². The molecule has 0 N–H and O–H groups in total. The SMILES string of the molecule is CO[C@@H]1CC(C)=C(C#C/C(C)=C/C=C/C(C)=C/C=C/C=C(C)/C=C/C=C(C)/C=C/c2ccc(C)c(C)c2C)C(C)(C)C1. The minimum atomic E-state index is 0.0495. The zero-order chi connectivity index (χ0) is 31.3. The molecule has 0 spiro atoms. The molecule has 1 aliphatic carbocycles. The summed E-state index contributed by atoms with van der Waals surface area (Å²) in [5.74, 6) is 6.82. The molecule has 0 radical (unpaired) electrons. The molecule has 1 atom stereocenters. The third-order valence-electron chi connectivity index (χ3n) is 7.97. The van der Waals surface area contributed by atoms with Crippen molar-refractivity contribution in [2.24, 2.45) is 5.41 Å². The van der Waals surface area contributed by atoms with Crippen molar-refractivity contribution in [2.75, 3.05) is 7.11 Å². The van der Waals surface area contributed by atoms with Gasteiger partial charge in [-0.1, -0.05) is 133 Å². The van der Waals surface area contributed by atoms with Gasteiger partial charge in [0.25, 0.3) is 0 Å². The average molecular weight is 561 g/mol. The van der Waals surface area contributed by atoms with Crippen LogP contribution in [0.5, 0.6) is 0 Å². The van der Waals surface area contributed by atoms with E-state index < -0.39 is 0 Å². The van der Waals surface area contributed by atoms with Gasteiger partial charge in [-0.15, -0.1) is 0 Å². The van der Waals surface area contributed by atoms with Crippen molar-refractivity contribution in [1.82, 2.24) is 0 Å². The van der Waals surface area contributed by atoms with Gasteiger partial charge in [0.05, 0.1) is 6.10 Å². The molecule has 0 saturated heterocycles. The summed E-state index contributed by atoms with van der Waals surface area (Å²) in [5, 5.41) is 0. The van der Waals surface area contributed by atoms with Gasteiger partial charge < -0.3 is 4.74 Å². The molecular weight excluding hydrogens is 508 g/mol. The van der Waals surface area contributed by atoms with Crippen LogP contribution in [0.1, 0.15) is 83.6 Å². The number of hydrogen-bond donors (Lipinski definition) is 0. The molecule has 0 aliphatic heterocycles. The molecule has 1 aromatic carbocycles. The smallest absolute Gasteiger partial charge is 0.0617 e. The van der Waals surface area contributed by atoms with Gasteiger partial charge in [-0.25, -0.2) is 0 Å². The second-order valence-corrected chi connectivity index (χ2v) is 12.3. The van der Waals surface area contributed by atoms with Crippen LogP contribution >= 0.6 is 0 Å². The van der Waals surface area contributed by atoms with Gasteiger partial charge in [-0.2, -0.15) is 0 Å². The minimum absolute atomic E-state index is 0.0495. The van der Waals surface area contributed by atoms with Gasteiger partial charge in [0.2, 0.25) is 0 Å². The maximum Gasteiger partial charge on any atom is 0.0617 e. The van der Waals surface area contributed by atoms with Crippen molar-refractivity contribution >= 4 is 6.08 Å². The third-order valence-corrected chi connectivity index (χ3v) is 7.97. The summed E-state index contributed by atoms with van der Waals surface area (Å²) < 4.78 is 5.62. The molecule has 1 heteroatoms. The van der Waals surface area contributed by atoms with Crippen LogP contribution in [0.25, 0.3) is 6.08 Å². The van der Waals surface area contributed by atoms with Crippen molar-refractivity contribution in [3.63, 3.8) is 0 Å². The summed E-state index contributed by atoms with van der Waals surface area (Å²) >= 11 is 0. The second-order valence-electron chi connectivity index (χ2n) is 12.3. The average Bonchev–Trinajstić information content (AvgIpc) is 2.92. The quantitative estimate of drug-likeness (QED) is 0.216. The molecule has 0 saturated carbocycles. The Morgan fingerprint density at radius 2 is 1.36 bits per heavy atom. The molecule has 0 heterocycles. The number of rotatable bonds is 9. The molecular formula is C41H52O. The Hall–Kier alpha value is -3.60. The van der Waals surface area contributed by atoms with Crippen LogP contribution in [0.2, 0.25) is 0 Å². The molecule has 0 unspecified atom stereocenters. The van der Waals surface area contributed by atoms with Crippen LogP contribution in [0, 0.1) is 38.0 Å². The molecule has 42 heavy (non-hydrogen) atoms. The first-order valence-corrected chi connectivity index (χ1v) is 15.1. The van der Waals surface area contributed by atoms with E-state index in [0.717, 1.165) is 18.4 Å². The largest absolute Gasteiger partial charge is 0.381 e. The van der Waals surface area contributed by atoms with Crippen molar-refractivity contribution in [1.29, 1.82) is 0 Å². The van der Waals surface area contributed by atoms with Crippen LogP contribution in [0.4, 0.5) is 0 Å². The van der Waals surface area contributed by atoms with Gasteiger partial charge >= 0.3 is 0 Å². The first kappa shape index (κ1) is 34.6. The number of hydrogen-bond acceptors (Lipinski definition) is 1. The van der Waals surface area contributed by atoms with E-state index in [1.165, 1.54) is 50.1 Å². The fourth-order valence-corrected chi connectivity index (χ4v) is 5.07. The third kappa shape index (κ3) is 11.3. The van der Waals surface area contributed by atoms with Crippen molar-refractivity contribution in [3.8, 4) is 11.8 Å². The lowest BCUT2D eigenvalue weighted by Gasteiger charge is -2.36. The maximum atomic E-state index is 5.62. The van der Waals surface area contributed by atoms with Crippen molar-refractivity contribution in [3.05, 3.63) is 135 Å². The fraction of sp³-hybridized carbons (Fsp3) is 0.366. The predicted molar refractivity (Wildman–Crippen MR) is 186 cm³/mol. The number of methoxy groups -OCH3 is 1. The van der Waals surface area contributed by atoms with Gasteiger partial charge in [0.15, 0.2) is 0 Å². The van der Waals surface area contributed by atoms with Crippen LogP contribution < -0.4 is 0 Å². The first-order valence-electron chi connectivity index (χ1n) is 15.1. The Labute approximate surface area is 257 Å². The molecule has 1 aliphatic rings. The molecule has 1 aromatic rings. The van der Waals surface area contributed by atoms with Gasteiger partial charge in [0.1, 0.15) is 0 Å². The summed E-state index contributed by atoms with van der Waals surface area (Å²) in [6, 6.07) is 4.39. The molecule has 222 valence electrons. The summed E-state index contributed by atoms with van der Waals surface area (Å²) in [5.41, 5.74) is 12.7. The van der Waals surface area contributed by atoms with E-state index >= 15 is 0 Å². The molecule has 0 fully saturated rings. The Kier molecular flexibility index (Phi) is 13.8. The highest BCUT2D eigenvalue weighted by Crippen LogP contribution is 2.40. The van der Waals surface area contributed by atoms with Crippen LogP contribution in [0.3, 0.4) is 0 Å². The normalized spacial score (nSPS) is 19.1. The first-order chi connectivity index (χ1) is 19.8. The fourth-order valence-electron chi connectivity index (χ4n) is 5.07. The number of aryl methyl sites for hydroxylation is 1. The van der Waals surface area contributed by atoms with Crippen LogP contribution in [-0.2, 0) is 4.74 Å². The molecule has 0 bridgehead atoms. The molecule has 2 rings (SSSR count). The van der Waals surface area contributed by atoms with Gasteiger partial charge in [-0.05, 0) is 96.1 Å². The highest BCUT2D eigenvalue weighted by Gasteiger charge is 2.32. The zero-order valence-electron chi connectivity index (χ0n) is 28.0. The van der Waals surface area contributed by atoms with Crippen molar-refractivity contribution in [2.45, 2.75) is 88.2 Å². The monoisotopic (exact) mass is 560 g/mol. The highest BCUT2D eigenvalue weighted by atomic mass is 16.5. The number of allylic oxidation sites excluding steroid dienone is 16. The van der Waals surface area contributed by atoms with E-state index in [0.29, 0.717) is 6.10 Å². The van der Waals surface area contributed by atoms with Crippen LogP contribution in [0.15, 0.2) is 112 Å². The summed E-state index contributed by atoms with van der Waals surface area (Å²) in [7, 11) is 1.81. The number of ether oxygens (including phenoxy) is 1. The molecule has 0 aromatic heterocycles. The molecule has 0 amide bonds. The van der Waals surface area contributed by atoms with E-state index in [-0.39, 0.29) is 5.41 Å². The lowest BCUT2D eigenvalue weighted by molar-refractivity contribution is 0.0630. The Balaban J connectivity index is 1.92. The molecule has 1 nitrogen and oxygen atoms in total. The zero-order valence-corrected chi connectivity index (χ0v) is 28.0. The van der Waals surface area contributed by atoms with E-state index in [2.05, 4.69) is 166 Å². The predicted octanol–water partition coefficient (Wildman–Crippen LogP) is 11.2. The van der Waals surface area contributed by atoms with Gasteiger partial charge in [-0.3, -0.25) is 0 Å². The Bertz CT molecular complexity index is 1440. The number of benzene rings is 1. The standard InChI is InChI=1S/C41H52O/c1-30(18-14-20-32(3)22-25-38-26-24-34(5)36(7)37(38)8)16-12-13-17-31(2)19-15-21-33(4)23-27-40-35(6)28-39(42-11)29-41(40,9)10/h12-22,24-26,39H,28-29H2,1-11H3/b13-12+,18-14+,19-15+,25-22+,30-16+,31-17+,32-20+,33-21+/t39-/m1/s1. The van der Waals surface area contributed by atoms with Crippen molar-refractivity contribution < 1.29 is 4.74 Å². The highest BCUT2D eigenvalue weighted by molar-refractivity contribution is 5.59.